The molecule has 6 rings (SSSR count). The maximum absolute atomic E-state index is 13.2. The Morgan fingerprint density at radius 1 is 0.654 bits per heavy atom. The summed E-state index contributed by atoms with van der Waals surface area (Å²) in [6.07, 6.45) is 7.80. The predicted molar refractivity (Wildman–Crippen MR) is 201 cm³/mol. The van der Waals surface area contributed by atoms with E-state index in [0.717, 1.165) is 29.3 Å². The van der Waals surface area contributed by atoms with Crippen molar-refractivity contribution in [2.75, 3.05) is 0 Å². The number of nitrogens with one attached hydrogen (secondary N) is 1. The number of rotatable bonds is 8. The minimum atomic E-state index is -3.83. The summed E-state index contributed by atoms with van der Waals surface area (Å²) in [4.78, 5) is 40.8. The van der Waals surface area contributed by atoms with E-state index in [9.17, 15) is 27.0 Å². The van der Waals surface area contributed by atoms with Crippen LogP contribution in [0.1, 0.15) is 53.1 Å². The number of hydrogen-bond donors (Lipinski definition) is 2. The molecule has 0 saturated heterocycles. The van der Waals surface area contributed by atoms with Crippen LogP contribution in [-0.2, 0) is 20.9 Å². The lowest BCUT2D eigenvalue weighted by Crippen LogP contribution is -2.34. The van der Waals surface area contributed by atoms with E-state index in [-0.39, 0.29) is 4.90 Å². The number of benzene rings is 4. The van der Waals surface area contributed by atoms with Crippen molar-refractivity contribution in [3.63, 3.8) is 0 Å². The number of carbonyl (C=O) groups excluding carboxylic acids is 3. The molecule has 266 valence electrons. The molecular formula is C40H37N3O7S2. The fraction of sp³-hybridized carbons (Fsp3) is 0.0750. The third-order valence-electron chi connectivity index (χ3n) is 6.97. The van der Waals surface area contributed by atoms with Crippen molar-refractivity contribution >= 4 is 39.4 Å². The van der Waals surface area contributed by atoms with Crippen molar-refractivity contribution < 1.29 is 31.6 Å². The molecule has 0 radical (unpaired) electrons. The first-order valence-electron chi connectivity index (χ1n) is 15.6. The van der Waals surface area contributed by atoms with E-state index in [0.29, 0.717) is 21.6 Å². The Morgan fingerprint density at radius 2 is 1.10 bits per heavy atom. The number of sulfone groups is 1. The van der Waals surface area contributed by atoms with E-state index in [2.05, 4.69) is 15.3 Å². The normalized spacial score (nSPS) is 11.3. The van der Waals surface area contributed by atoms with Gasteiger partial charge in [-0.25, -0.2) is 12.6 Å². The van der Waals surface area contributed by atoms with Crippen LogP contribution in [0.3, 0.4) is 0 Å². The molecule has 2 heterocycles. The number of aldehydes is 2. The smallest absolute Gasteiger partial charge is 0.252 e. The Kier molecular flexibility index (Phi) is 16.6. The monoisotopic (exact) mass is 735 g/mol. The van der Waals surface area contributed by atoms with E-state index >= 15 is 0 Å². The Morgan fingerprint density at radius 3 is 1.54 bits per heavy atom. The van der Waals surface area contributed by atoms with E-state index < -0.39 is 32.2 Å². The van der Waals surface area contributed by atoms with E-state index in [1.165, 1.54) is 12.4 Å². The van der Waals surface area contributed by atoms with Gasteiger partial charge in [-0.3, -0.25) is 24.4 Å². The second-order valence-electron chi connectivity index (χ2n) is 10.8. The highest BCUT2D eigenvalue weighted by Crippen LogP contribution is 2.27. The Bertz CT molecular complexity index is 2060. The van der Waals surface area contributed by atoms with E-state index in [1.54, 1.807) is 116 Å². The fourth-order valence-electron chi connectivity index (χ4n) is 4.16. The molecule has 0 aliphatic rings. The number of hydrogen-bond acceptors (Lipinski definition) is 8. The average Bonchev–Trinajstić information content (AvgIpc) is 3.19. The lowest BCUT2D eigenvalue weighted by molar-refractivity contribution is 0.0947. The topological polar surface area (TPSA) is 160 Å². The third-order valence-corrected chi connectivity index (χ3v) is 9.58. The van der Waals surface area contributed by atoms with Gasteiger partial charge in [0.05, 0.1) is 9.79 Å². The summed E-state index contributed by atoms with van der Waals surface area (Å²) >= 11 is -1.84. The minimum Gasteiger partial charge on any atom is -0.331 e. The van der Waals surface area contributed by atoms with Crippen molar-refractivity contribution in [2.24, 2.45) is 0 Å². The van der Waals surface area contributed by atoms with E-state index in [4.69, 9.17) is 4.55 Å². The first-order chi connectivity index (χ1) is 25.0. The molecule has 2 aromatic heterocycles. The SMILES string of the molecule is Cc1ccc(S(=O)(=O)C(NC(=O)c2ccccc2)c2ccncc2)cc1.Cc1ccc(S(=O)O)cc1.O=Cc1ccccc1.O=Cc1ccncc1. The summed E-state index contributed by atoms with van der Waals surface area (Å²) in [6, 6.07) is 37.6. The van der Waals surface area contributed by atoms with Crippen LogP contribution in [0.15, 0.2) is 168 Å². The molecule has 2 unspecified atom stereocenters. The van der Waals surface area contributed by atoms with Crippen molar-refractivity contribution in [3.8, 4) is 0 Å². The third kappa shape index (κ3) is 13.4. The van der Waals surface area contributed by atoms with Gasteiger partial charge in [0.15, 0.2) is 16.5 Å². The Hall–Kier alpha value is -5.95. The van der Waals surface area contributed by atoms with Crippen LogP contribution in [0.4, 0.5) is 0 Å². The molecule has 1 amide bonds. The zero-order valence-electron chi connectivity index (χ0n) is 28.4. The molecule has 0 fully saturated rings. The zero-order valence-corrected chi connectivity index (χ0v) is 30.0. The largest absolute Gasteiger partial charge is 0.331 e. The van der Waals surface area contributed by atoms with Crippen molar-refractivity contribution in [1.29, 1.82) is 0 Å². The number of carbonyl (C=O) groups is 3. The fourth-order valence-corrected chi connectivity index (χ4v) is 6.10. The van der Waals surface area contributed by atoms with Crippen molar-refractivity contribution in [1.82, 2.24) is 15.3 Å². The highest BCUT2D eigenvalue weighted by atomic mass is 32.2. The van der Waals surface area contributed by atoms with Gasteiger partial charge < -0.3 is 9.87 Å². The second kappa shape index (κ2) is 21.3. The van der Waals surface area contributed by atoms with Gasteiger partial charge in [0, 0.05) is 41.5 Å². The molecule has 52 heavy (non-hydrogen) atoms. The van der Waals surface area contributed by atoms with Crippen LogP contribution in [-0.4, -0.2) is 45.6 Å². The van der Waals surface area contributed by atoms with Gasteiger partial charge >= 0.3 is 0 Å². The summed E-state index contributed by atoms with van der Waals surface area (Å²) in [5.41, 5.74) is 4.29. The van der Waals surface area contributed by atoms with Gasteiger partial charge in [0.1, 0.15) is 12.6 Å². The average molecular weight is 736 g/mol. The standard InChI is InChI=1S/C20H18N2O3S.C7H8O2S.C7H6O.C6H5NO/c1-15-7-9-18(10-8-15)26(24,25)20(17-11-13-21-14-12-17)22-19(23)16-5-3-2-4-6-16;1-6-2-4-7(5-3-6)10(8)9;8-6-7-4-2-1-3-5-7;8-5-6-1-3-7-4-2-6/h2-14,20H,1H3,(H,22,23);2-5H,1H3,(H,8,9);1-6H;1-5H. The number of amides is 1. The van der Waals surface area contributed by atoms with Gasteiger partial charge in [-0.05, 0) is 80.1 Å². The zero-order chi connectivity index (χ0) is 37.8. The van der Waals surface area contributed by atoms with Gasteiger partial charge in [-0.1, -0.05) is 83.9 Å². The maximum Gasteiger partial charge on any atom is 0.252 e. The van der Waals surface area contributed by atoms with Crippen LogP contribution in [0.2, 0.25) is 0 Å². The lowest BCUT2D eigenvalue weighted by atomic mass is 10.2. The van der Waals surface area contributed by atoms with Crippen LogP contribution in [0.5, 0.6) is 0 Å². The molecular weight excluding hydrogens is 699 g/mol. The summed E-state index contributed by atoms with van der Waals surface area (Å²) in [6.45, 7) is 3.82. The highest BCUT2D eigenvalue weighted by molar-refractivity contribution is 7.91. The maximum atomic E-state index is 13.2. The first kappa shape index (κ1) is 40.5. The highest BCUT2D eigenvalue weighted by Gasteiger charge is 2.31. The predicted octanol–water partition coefficient (Wildman–Crippen LogP) is 7.26. The molecule has 10 nitrogen and oxygen atoms in total. The molecule has 12 heteroatoms. The van der Waals surface area contributed by atoms with Crippen LogP contribution < -0.4 is 5.32 Å². The number of nitrogens with zero attached hydrogens (tertiary/aromatic N) is 2. The van der Waals surface area contributed by atoms with Crippen LogP contribution >= 0.6 is 0 Å². The molecule has 0 aliphatic carbocycles. The van der Waals surface area contributed by atoms with Gasteiger partial charge in [-0.15, -0.1) is 0 Å². The van der Waals surface area contributed by atoms with Crippen molar-refractivity contribution in [2.45, 2.75) is 29.0 Å². The van der Waals surface area contributed by atoms with Gasteiger partial charge in [0.2, 0.25) is 9.84 Å². The molecule has 0 spiro atoms. The Balaban J connectivity index is 0.000000227. The molecule has 4 aromatic carbocycles. The van der Waals surface area contributed by atoms with Gasteiger partial charge in [0.25, 0.3) is 5.91 Å². The Labute approximate surface area is 305 Å². The van der Waals surface area contributed by atoms with E-state index in [1.807, 2.05) is 44.2 Å². The summed E-state index contributed by atoms with van der Waals surface area (Å²) in [5, 5.41) is 1.44. The molecule has 0 aliphatic heterocycles. The first-order valence-corrected chi connectivity index (χ1v) is 18.3. The molecule has 0 bridgehead atoms. The summed E-state index contributed by atoms with van der Waals surface area (Å²) in [5.74, 6) is -0.455. The molecule has 2 N–H and O–H groups in total. The quantitative estimate of drug-likeness (QED) is 0.121. The summed E-state index contributed by atoms with van der Waals surface area (Å²) < 4.78 is 45.4. The van der Waals surface area contributed by atoms with Crippen LogP contribution in [0.25, 0.3) is 0 Å². The molecule has 2 atom stereocenters. The number of aromatic nitrogens is 2. The minimum absolute atomic E-state index is 0.151. The lowest BCUT2D eigenvalue weighted by Gasteiger charge is -2.20. The van der Waals surface area contributed by atoms with Gasteiger partial charge in [-0.2, -0.15) is 0 Å². The number of pyridine rings is 2. The number of aryl methyl sites for hydroxylation is 2. The molecule has 6 aromatic rings. The van der Waals surface area contributed by atoms with Crippen LogP contribution in [0, 0.1) is 13.8 Å². The second-order valence-corrected chi connectivity index (χ2v) is 13.8. The summed E-state index contributed by atoms with van der Waals surface area (Å²) in [7, 11) is -3.83. The van der Waals surface area contributed by atoms with Crippen molar-refractivity contribution in [3.05, 3.63) is 192 Å². The molecule has 0 saturated carbocycles.